The molecule has 0 bridgehead atoms. The van der Waals surface area contributed by atoms with E-state index in [0.717, 1.165) is 45.8 Å². The molecule has 10 rings (SSSR count). The molecule has 2 aliphatic carbocycles. The molecule has 0 saturated carbocycles. The third-order valence-corrected chi connectivity index (χ3v) is 16.9. The summed E-state index contributed by atoms with van der Waals surface area (Å²) in [4.78, 5) is 6.86. The molecular weight excluding hydrogens is 682 g/mol. The van der Waals surface area contributed by atoms with Crippen molar-refractivity contribution in [1.29, 1.82) is 0 Å². The molecule has 256 valence electrons. The summed E-state index contributed by atoms with van der Waals surface area (Å²) in [7, 11) is -3.03. The van der Waals surface area contributed by atoms with E-state index in [1.807, 2.05) is 48.2 Å². The molecule has 4 heteroatoms. The van der Waals surface area contributed by atoms with Gasteiger partial charge in [-0.05, 0) is 77.1 Å². The summed E-state index contributed by atoms with van der Waals surface area (Å²) >= 11 is 1.97. The quantitative estimate of drug-likeness (QED) is 0.131. The molecule has 0 fully saturated rings. The van der Waals surface area contributed by atoms with Gasteiger partial charge in [0.15, 0.2) is 7.14 Å². The average molecular weight is 720 g/mol. The summed E-state index contributed by atoms with van der Waals surface area (Å²) in [6.45, 7) is 4.52. The molecule has 0 amide bonds. The van der Waals surface area contributed by atoms with Gasteiger partial charge in [0.25, 0.3) is 0 Å². The molecule has 0 N–H and O–H groups in total. The summed E-state index contributed by atoms with van der Waals surface area (Å²) in [5.41, 5.74) is 8.08. The smallest absolute Gasteiger partial charge is 0.152 e. The minimum Gasteiger partial charge on any atom is -0.313 e. The topological polar surface area (TPSA) is 30.0 Å². The molecule has 6 aromatic carbocycles. The summed E-state index contributed by atoms with van der Waals surface area (Å²) in [6, 6.07) is 45.1. The van der Waals surface area contributed by atoms with Crippen LogP contribution in [0.25, 0.3) is 60.4 Å². The number of allylic oxidation sites excluding steroid dienone is 7. The number of hydrogen-bond donors (Lipinski definition) is 0. The summed E-state index contributed by atoms with van der Waals surface area (Å²) in [5, 5.41) is 7.41. The van der Waals surface area contributed by atoms with Crippen LogP contribution in [0.4, 0.5) is 0 Å². The Labute approximate surface area is 315 Å². The highest BCUT2D eigenvalue weighted by Crippen LogP contribution is 2.61. The lowest BCUT2D eigenvalue weighted by molar-refractivity contribution is 0.565. The molecule has 0 saturated heterocycles. The zero-order valence-corrected chi connectivity index (χ0v) is 31.5. The van der Waals surface area contributed by atoms with Crippen LogP contribution in [0.1, 0.15) is 32.3 Å². The van der Waals surface area contributed by atoms with E-state index in [9.17, 15) is 0 Å². The second-order valence-corrected chi connectivity index (χ2v) is 19.8. The molecule has 0 radical (unpaired) electrons. The van der Waals surface area contributed by atoms with E-state index in [2.05, 4.69) is 147 Å². The van der Waals surface area contributed by atoms with Crippen molar-refractivity contribution >= 4 is 67.5 Å². The van der Waals surface area contributed by atoms with Crippen LogP contribution >= 0.6 is 18.9 Å². The van der Waals surface area contributed by atoms with Crippen LogP contribution in [-0.2, 0) is 4.57 Å². The van der Waals surface area contributed by atoms with Crippen molar-refractivity contribution in [3.63, 3.8) is 0 Å². The second kappa shape index (κ2) is 12.2. The molecule has 3 unspecified atom stereocenters. The van der Waals surface area contributed by atoms with E-state index < -0.39 is 12.3 Å². The monoisotopic (exact) mass is 719 g/mol. The number of pyridine rings is 1. The largest absolute Gasteiger partial charge is 0.313 e. The standard InChI is InChI=1S/C49H38NOPS/c1-48(28-12-4-13-29-48)52(51,36-16-5-3-6-17-36)37-25-22-33(23-26-37)34-24-27-41-44(32-34)50-46(47-45(41)43-21-11-14-30-49(43,2)53-47)42-31-35-15-7-8-18-38(35)39-19-9-10-20-40(39)42/h3-28,31-32H,29-30H2,1-2H3. The SMILES string of the molecule is CC12CC=CC=C1c1c(c(-c3cc4ccccc4c4ccccc34)nc3cc(-c4ccc(P(=O)(c5ccccc5)C5(C)C=CC=CC5)cc4)ccc13)S2. The second-order valence-electron chi connectivity index (χ2n) is 15.0. The van der Waals surface area contributed by atoms with Gasteiger partial charge in [0.05, 0.1) is 16.4 Å². The van der Waals surface area contributed by atoms with Crippen molar-refractivity contribution in [3.05, 3.63) is 175 Å². The summed E-state index contributed by atoms with van der Waals surface area (Å²) in [5.74, 6) is 0. The van der Waals surface area contributed by atoms with Crippen LogP contribution in [-0.4, -0.2) is 14.9 Å². The lowest BCUT2D eigenvalue weighted by Gasteiger charge is -2.37. The Hall–Kier alpha value is -5.21. The molecule has 7 aromatic rings. The van der Waals surface area contributed by atoms with E-state index in [4.69, 9.17) is 4.98 Å². The highest BCUT2D eigenvalue weighted by molar-refractivity contribution is 8.01. The van der Waals surface area contributed by atoms with Crippen LogP contribution in [0.3, 0.4) is 0 Å². The highest BCUT2D eigenvalue weighted by Gasteiger charge is 2.45. The third-order valence-electron chi connectivity index (χ3n) is 11.7. The minimum atomic E-state index is -3.03. The van der Waals surface area contributed by atoms with Gasteiger partial charge in [-0.1, -0.05) is 158 Å². The Balaban J connectivity index is 1.15. The van der Waals surface area contributed by atoms with E-state index in [1.54, 1.807) is 0 Å². The number of rotatable bonds is 5. The first kappa shape index (κ1) is 32.4. The Morgan fingerprint density at radius 1 is 0.642 bits per heavy atom. The lowest BCUT2D eigenvalue weighted by atomic mass is 9.85. The maximum absolute atomic E-state index is 15.4. The Bertz CT molecular complexity index is 2810. The highest BCUT2D eigenvalue weighted by atomic mass is 32.2. The van der Waals surface area contributed by atoms with Crippen molar-refractivity contribution < 1.29 is 4.57 Å². The first-order valence-corrected chi connectivity index (χ1v) is 21.0. The fourth-order valence-corrected chi connectivity index (χ4v) is 13.6. The van der Waals surface area contributed by atoms with Crippen molar-refractivity contribution in [2.45, 2.75) is 41.5 Å². The van der Waals surface area contributed by atoms with Crippen LogP contribution in [0.2, 0.25) is 0 Å². The number of aromatic nitrogens is 1. The predicted octanol–water partition coefficient (Wildman–Crippen LogP) is 12.7. The normalized spacial score (nSPS) is 21.4. The molecule has 1 aliphatic heterocycles. The minimum absolute atomic E-state index is 0.0460. The molecule has 1 aromatic heterocycles. The van der Waals surface area contributed by atoms with E-state index in [-0.39, 0.29) is 4.75 Å². The van der Waals surface area contributed by atoms with Gasteiger partial charge in [-0.15, -0.1) is 11.8 Å². The van der Waals surface area contributed by atoms with Gasteiger partial charge in [0, 0.05) is 36.8 Å². The maximum atomic E-state index is 15.4. The fraction of sp³-hybridized carbons (Fsp3) is 0.122. The van der Waals surface area contributed by atoms with E-state index >= 15 is 4.57 Å². The molecule has 3 aliphatic rings. The van der Waals surface area contributed by atoms with Gasteiger partial charge < -0.3 is 4.57 Å². The Morgan fingerprint density at radius 3 is 2.13 bits per heavy atom. The fourth-order valence-electron chi connectivity index (χ4n) is 8.83. The zero-order chi connectivity index (χ0) is 35.8. The van der Waals surface area contributed by atoms with Gasteiger partial charge in [-0.3, -0.25) is 0 Å². The van der Waals surface area contributed by atoms with E-state index in [1.165, 1.54) is 48.5 Å². The molecule has 3 atom stereocenters. The van der Waals surface area contributed by atoms with Gasteiger partial charge >= 0.3 is 0 Å². The van der Waals surface area contributed by atoms with Crippen LogP contribution in [0.5, 0.6) is 0 Å². The van der Waals surface area contributed by atoms with Crippen molar-refractivity contribution in [3.8, 4) is 22.4 Å². The van der Waals surface area contributed by atoms with Gasteiger partial charge in [-0.25, -0.2) is 4.98 Å². The van der Waals surface area contributed by atoms with Crippen molar-refractivity contribution in [2.75, 3.05) is 0 Å². The molecular formula is C49H38NOPS. The summed E-state index contributed by atoms with van der Waals surface area (Å²) in [6.07, 6.45) is 16.9. The average Bonchev–Trinajstić information content (AvgIpc) is 3.53. The van der Waals surface area contributed by atoms with Crippen LogP contribution in [0.15, 0.2) is 175 Å². The Kier molecular flexibility index (Phi) is 7.45. The number of benzene rings is 6. The van der Waals surface area contributed by atoms with E-state index in [0.29, 0.717) is 0 Å². The van der Waals surface area contributed by atoms with Crippen LogP contribution in [0, 0.1) is 0 Å². The van der Waals surface area contributed by atoms with Crippen molar-refractivity contribution in [1.82, 2.24) is 4.98 Å². The number of hydrogen-bond acceptors (Lipinski definition) is 3. The van der Waals surface area contributed by atoms with Crippen molar-refractivity contribution in [2.24, 2.45) is 0 Å². The number of fused-ring (bicyclic) bond motifs is 8. The first-order valence-electron chi connectivity index (χ1n) is 18.4. The third kappa shape index (κ3) is 4.94. The van der Waals surface area contributed by atoms with Gasteiger partial charge in [0.2, 0.25) is 0 Å². The maximum Gasteiger partial charge on any atom is 0.152 e. The van der Waals surface area contributed by atoms with Gasteiger partial charge in [-0.2, -0.15) is 0 Å². The van der Waals surface area contributed by atoms with Gasteiger partial charge in [0.1, 0.15) is 0 Å². The molecule has 53 heavy (non-hydrogen) atoms. The number of thioether (sulfide) groups is 1. The molecule has 2 nitrogen and oxygen atoms in total. The Morgan fingerprint density at radius 2 is 1.34 bits per heavy atom. The number of nitrogens with zero attached hydrogens (tertiary/aromatic N) is 1. The molecule has 2 heterocycles. The molecule has 0 spiro atoms. The first-order chi connectivity index (χ1) is 25.9. The predicted molar refractivity (Wildman–Crippen MR) is 228 cm³/mol. The summed E-state index contributed by atoms with van der Waals surface area (Å²) < 4.78 is 15.4. The zero-order valence-electron chi connectivity index (χ0n) is 29.8. The van der Waals surface area contributed by atoms with Crippen LogP contribution < -0.4 is 10.6 Å². The lowest BCUT2D eigenvalue weighted by Crippen LogP contribution is -2.34.